The van der Waals surface area contributed by atoms with Crippen molar-refractivity contribution in [2.75, 3.05) is 13.7 Å². The zero-order chi connectivity index (χ0) is 14.8. The third-order valence-corrected chi connectivity index (χ3v) is 3.80. The molecule has 0 N–H and O–H groups in total. The second kappa shape index (κ2) is 6.06. The first-order chi connectivity index (χ1) is 10.2. The summed E-state index contributed by atoms with van der Waals surface area (Å²) in [6, 6.07) is 9.99. The van der Waals surface area contributed by atoms with Crippen LogP contribution >= 0.6 is 23.2 Å². The first-order valence-corrected chi connectivity index (χ1v) is 7.35. The van der Waals surface area contributed by atoms with E-state index in [0.29, 0.717) is 15.7 Å². The fourth-order valence-corrected chi connectivity index (χ4v) is 2.75. The highest BCUT2D eigenvalue weighted by molar-refractivity contribution is 6.36. The number of pyridine rings is 1. The lowest BCUT2D eigenvalue weighted by molar-refractivity contribution is 0.202. The predicted molar refractivity (Wildman–Crippen MR) is 86.2 cm³/mol. The second-order valence-electron chi connectivity index (χ2n) is 4.80. The molecule has 0 amide bonds. The first kappa shape index (κ1) is 14.4. The highest BCUT2D eigenvalue weighted by Crippen LogP contribution is 2.26. The third kappa shape index (κ3) is 3.05. The molecule has 0 unspecified atom stereocenters. The minimum Gasteiger partial charge on any atom is -0.384 e. The SMILES string of the molecule is COCCc1ccc(-c2cn3cc(Cl)cc(Cl)c3n2)cc1. The fourth-order valence-electron chi connectivity index (χ4n) is 2.23. The highest BCUT2D eigenvalue weighted by Gasteiger charge is 2.08. The molecule has 1 aromatic carbocycles. The zero-order valence-corrected chi connectivity index (χ0v) is 13.0. The van der Waals surface area contributed by atoms with Gasteiger partial charge in [0, 0.05) is 25.1 Å². The molecule has 2 aromatic heterocycles. The van der Waals surface area contributed by atoms with Crippen LogP contribution in [0.15, 0.2) is 42.7 Å². The molecule has 21 heavy (non-hydrogen) atoms. The monoisotopic (exact) mass is 320 g/mol. The van der Waals surface area contributed by atoms with Gasteiger partial charge in [-0.2, -0.15) is 0 Å². The number of ether oxygens (including phenoxy) is 1. The number of halogens is 2. The molecule has 0 bridgehead atoms. The van der Waals surface area contributed by atoms with Crippen molar-refractivity contribution in [3.63, 3.8) is 0 Å². The van der Waals surface area contributed by atoms with Gasteiger partial charge in [-0.25, -0.2) is 4.98 Å². The number of fused-ring (bicyclic) bond motifs is 1. The normalized spacial score (nSPS) is 11.2. The van der Waals surface area contributed by atoms with E-state index in [1.54, 1.807) is 19.4 Å². The van der Waals surface area contributed by atoms with E-state index in [2.05, 4.69) is 29.2 Å². The molecule has 0 aliphatic carbocycles. The number of nitrogens with zero attached hydrogens (tertiary/aromatic N) is 2. The zero-order valence-electron chi connectivity index (χ0n) is 11.5. The van der Waals surface area contributed by atoms with Gasteiger partial charge in [0.2, 0.25) is 0 Å². The molecule has 0 spiro atoms. The molecule has 0 saturated heterocycles. The van der Waals surface area contributed by atoms with E-state index in [4.69, 9.17) is 27.9 Å². The van der Waals surface area contributed by atoms with Crippen molar-refractivity contribution in [2.24, 2.45) is 0 Å². The van der Waals surface area contributed by atoms with E-state index in [1.165, 1.54) is 5.56 Å². The van der Waals surface area contributed by atoms with Crippen molar-refractivity contribution >= 4 is 28.8 Å². The standard InChI is InChI=1S/C16H14Cl2N2O/c1-21-7-6-11-2-4-12(5-3-11)15-10-20-9-13(17)8-14(18)16(20)19-15/h2-5,8-10H,6-7H2,1H3. The largest absolute Gasteiger partial charge is 0.384 e. The van der Waals surface area contributed by atoms with Gasteiger partial charge in [-0.1, -0.05) is 47.5 Å². The van der Waals surface area contributed by atoms with Gasteiger partial charge in [-0.05, 0) is 18.1 Å². The summed E-state index contributed by atoms with van der Waals surface area (Å²) in [5.74, 6) is 0. The van der Waals surface area contributed by atoms with Crippen LogP contribution < -0.4 is 0 Å². The van der Waals surface area contributed by atoms with Crippen molar-refractivity contribution in [3.8, 4) is 11.3 Å². The molecule has 5 heteroatoms. The Bertz CT molecular complexity index is 766. The van der Waals surface area contributed by atoms with Crippen LogP contribution in [0.2, 0.25) is 10.0 Å². The Balaban J connectivity index is 1.95. The van der Waals surface area contributed by atoms with Crippen LogP contribution in [0.25, 0.3) is 16.9 Å². The molecule has 0 fully saturated rings. The maximum atomic E-state index is 6.16. The van der Waals surface area contributed by atoms with Crippen molar-refractivity contribution in [1.82, 2.24) is 9.38 Å². The number of hydrogen-bond donors (Lipinski definition) is 0. The Hall–Kier alpha value is -1.55. The van der Waals surface area contributed by atoms with E-state index in [1.807, 2.05) is 10.6 Å². The summed E-state index contributed by atoms with van der Waals surface area (Å²) >= 11 is 12.2. The number of methoxy groups -OCH3 is 1. The predicted octanol–water partition coefficient (Wildman–Crippen LogP) is 4.50. The molecule has 108 valence electrons. The maximum absolute atomic E-state index is 6.16. The van der Waals surface area contributed by atoms with Crippen molar-refractivity contribution in [1.29, 1.82) is 0 Å². The van der Waals surface area contributed by atoms with Crippen LogP contribution in [-0.4, -0.2) is 23.1 Å². The van der Waals surface area contributed by atoms with E-state index < -0.39 is 0 Å². The Morgan fingerprint density at radius 1 is 1.14 bits per heavy atom. The van der Waals surface area contributed by atoms with Crippen LogP contribution in [0.1, 0.15) is 5.56 Å². The van der Waals surface area contributed by atoms with Crippen LogP contribution in [0.4, 0.5) is 0 Å². The summed E-state index contributed by atoms with van der Waals surface area (Å²) in [5.41, 5.74) is 3.87. The van der Waals surface area contributed by atoms with Crippen LogP contribution in [0, 0.1) is 0 Å². The lowest BCUT2D eigenvalue weighted by Gasteiger charge is -2.01. The van der Waals surface area contributed by atoms with Crippen molar-refractivity contribution < 1.29 is 4.74 Å². The molecule has 0 aliphatic rings. The van der Waals surface area contributed by atoms with E-state index in [-0.39, 0.29) is 0 Å². The maximum Gasteiger partial charge on any atom is 0.156 e. The van der Waals surface area contributed by atoms with Gasteiger partial charge >= 0.3 is 0 Å². The molecule has 3 rings (SSSR count). The summed E-state index contributed by atoms with van der Waals surface area (Å²) in [4.78, 5) is 4.56. The van der Waals surface area contributed by atoms with Gasteiger partial charge < -0.3 is 9.14 Å². The third-order valence-electron chi connectivity index (χ3n) is 3.32. The summed E-state index contributed by atoms with van der Waals surface area (Å²) in [5, 5.41) is 1.14. The first-order valence-electron chi connectivity index (χ1n) is 6.59. The molecule has 0 radical (unpaired) electrons. The topological polar surface area (TPSA) is 26.5 Å². The van der Waals surface area contributed by atoms with Crippen LogP contribution in [0.5, 0.6) is 0 Å². The molecular weight excluding hydrogens is 307 g/mol. The molecule has 0 atom stereocenters. The van der Waals surface area contributed by atoms with Gasteiger partial charge in [-0.15, -0.1) is 0 Å². The van der Waals surface area contributed by atoms with Gasteiger partial charge in [0.15, 0.2) is 5.65 Å². The number of rotatable bonds is 4. The number of benzene rings is 1. The highest BCUT2D eigenvalue weighted by atomic mass is 35.5. The summed E-state index contributed by atoms with van der Waals surface area (Å²) in [7, 11) is 1.71. The lowest BCUT2D eigenvalue weighted by atomic mass is 10.1. The van der Waals surface area contributed by atoms with E-state index >= 15 is 0 Å². The number of aromatic nitrogens is 2. The summed E-state index contributed by atoms with van der Waals surface area (Å²) < 4.78 is 6.93. The van der Waals surface area contributed by atoms with Gasteiger partial charge in [0.25, 0.3) is 0 Å². The Kier molecular flexibility index (Phi) is 4.15. The second-order valence-corrected chi connectivity index (χ2v) is 5.65. The summed E-state index contributed by atoms with van der Waals surface area (Å²) in [6.45, 7) is 0.724. The minimum atomic E-state index is 0.547. The smallest absolute Gasteiger partial charge is 0.156 e. The number of imidazole rings is 1. The molecule has 2 heterocycles. The average molecular weight is 321 g/mol. The van der Waals surface area contributed by atoms with E-state index in [9.17, 15) is 0 Å². The molecular formula is C16H14Cl2N2O. The van der Waals surface area contributed by atoms with E-state index in [0.717, 1.165) is 24.3 Å². The lowest BCUT2D eigenvalue weighted by Crippen LogP contribution is -1.93. The average Bonchev–Trinajstić information content (AvgIpc) is 2.90. The fraction of sp³-hybridized carbons (Fsp3) is 0.188. The van der Waals surface area contributed by atoms with Crippen molar-refractivity contribution in [3.05, 3.63) is 58.3 Å². The van der Waals surface area contributed by atoms with Crippen LogP contribution in [-0.2, 0) is 11.2 Å². The molecule has 3 nitrogen and oxygen atoms in total. The quantitative estimate of drug-likeness (QED) is 0.707. The Labute approximate surface area is 133 Å². The van der Waals surface area contributed by atoms with Gasteiger partial charge in [0.1, 0.15) is 0 Å². The van der Waals surface area contributed by atoms with Gasteiger partial charge in [0.05, 0.1) is 22.3 Å². The van der Waals surface area contributed by atoms with Crippen LogP contribution in [0.3, 0.4) is 0 Å². The molecule has 0 aliphatic heterocycles. The molecule has 0 saturated carbocycles. The molecule has 3 aromatic rings. The van der Waals surface area contributed by atoms with Crippen molar-refractivity contribution in [2.45, 2.75) is 6.42 Å². The Morgan fingerprint density at radius 3 is 2.62 bits per heavy atom. The summed E-state index contributed by atoms with van der Waals surface area (Å²) in [6.07, 6.45) is 4.63. The van der Waals surface area contributed by atoms with Gasteiger partial charge in [-0.3, -0.25) is 0 Å². The minimum absolute atomic E-state index is 0.547. The number of hydrogen-bond acceptors (Lipinski definition) is 2. The Morgan fingerprint density at radius 2 is 1.90 bits per heavy atom.